The Kier molecular flexibility index (Phi) is 4.75. The minimum atomic E-state index is -4.50. The zero-order chi connectivity index (χ0) is 18.2. The van der Waals surface area contributed by atoms with Crippen LogP contribution in [-0.4, -0.2) is 17.9 Å². The molecule has 2 saturated carbocycles. The molecular weight excluding hydrogens is 333 g/mol. The lowest BCUT2D eigenvalue weighted by molar-refractivity contribution is -0.137. The zero-order valence-electron chi connectivity index (χ0n) is 13.9. The summed E-state index contributed by atoms with van der Waals surface area (Å²) >= 11 is 0. The molecule has 4 nitrogen and oxygen atoms in total. The molecule has 7 heteroatoms. The number of amides is 2. The van der Waals surface area contributed by atoms with E-state index in [9.17, 15) is 22.8 Å². The summed E-state index contributed by atoms with van der Waals surface area (Å²) < 4.78 is 38.1. The van der Waals surface area contributed by atoms with Gasteiger partial charge >= 0.3 is 18.0 Å². The third-order valence-corrected chi connectivity index (χ3v) is 5.45. The van der Waals surface area contributed by atoms with E-state index in [4.69, 9.17) is 0 Å². The Morgan fingerprint density at radius 3 is 2.52 bits per heavy atom. The number of halogens is 3. The molecule has 2 N–H and O–H groups in total. The summed E-state index contributed by atoms with van der Waals surface area (Å²) in [5, 5.41) is 4.93. The SMILES string of the molecule is CC(NC(=O)C(=O)Nc1cccc(C(F)(F)F)c1)C1CC2CCC1C2. The van der Waals surface area contributed by atoms with Crippen molar-refractivity contribution in [3.05, 3.63) is 29.8 Å². The molecule has 0 aliphatic heterocycles. The highest BCUT2D eigenvalue weighted by atomic mass is 19.4. The van der Waals surface area contributed by atoms with Crippen molar-refractivity contribution >= 4 is 17.5 Å². The number of benzene rings is 1. The topological polar surface area (TPSA) is 58.2 Å². The Hall–Kier alpha value is -2.05. The second-order valence-electron chi connectivity index (χ2n) is 7.13. The highest BCUT2D eigenvalue weighted by molar-refractivity contribution is 6.39. The summed E-state index contributed by atoms with van der Waals surface area (Å²) in [6.07, 6.45) is 0.186. The van der Waals surface area contributed by atoms with Crippen LogP contribution in [0.4, 0.5) is 18.9 Å². The molecule has 0 heterocycles. The van der Waals surface area contributed by atoms with E-state index in [0.29, 0.717) is 11.8 Å². The van der Waals surface area contributed by atoms with Gasteiger partial charge in [-0.1, -0.05) is 12.5 Å². The van der Waals surface area contributed by atoms with Crippen molar-refractivity contribution in [1.29, 1.82) is 0 Å². The van der Waals surface area contributed by atoms with Crippen LogP contribution >= 0.6 is 0 Å². The van der Waals surface area contributed by atoms with Gasteiger partial charge in [0.25, 0.3) is 0 Å². The molecule has 4 atom stereocenters. The molecule has 2 aliphatic carbocycles. The van der Waals surface area contributed by atoms with Crippen LogP contribution in [0, 0.1) is 17.8 Å². The van der Waals surface area contributed by atoms with E-state index < -0.39 is 23.6 Å². The molecule has 0 aromatic heterocycles. The van der Waals surface area contributed by atoms with Gasteiger partial charge in [-0.25, -0.2) is 0 Å². The number of anilines is 1. The molecule has 1 aromatic carbocycles. The van der Waals surface area contributed by atoms with Gasteiger partial charge in [-0.05, 0) is 62.1 Å². The number of carbonyl (C=O) groups excluding carboxylic acids is 2. The Morgan fingerprint density at radius 1 is 1.16 bits per heavy atom. The Bertz CT molecular complexity index is 675. The summed E-state index contributed by atoms with van der Waals surface area (Å²) in [6.45, 7) is 1.89. The molecular formula is C18H21F3N2O2. The first kappa shape index (κ1) is 17.8. The van der Waals surface area contributed by atoms with Gasteiger partial charge in [-0.15, -0.1) is 0 Å². The van der Waals surface area contributed by atoms with Gasteiger partial charge < -0.3 is 10.6 Å². The number of fused-ring (bicyclic) bond motifs is 2. The summed E-state index contributed by atoms with van der Waals surface area (Å²) in [5.74, 6) is -0.0498. The number of alkyl halides is 3. The second-order valence-corrected chi connectivity index (χ2v) is 7.13. The molecule has 2 fully saturated rings. The lowest BCUT2D eigenvalue weighted by Gasteiger charge is -2.28. The van der Waals surface area contributed by atoms with Crippen LogP contribution in [0.3, 0.4) is 0 Å². The number of rotatable bonds is 3. The van der Waals surface area contributed by atoms with Gasteiger partial charge in [0.15, 0.2) is 0 Å². The average molecular weight is 354 g/mol. The summed E-state index contributed by atoms with van der Waals surface area (Å²) in [7, 11) is 0. The van der Waals surface area contributed by atoms with Gasteiger partial charge in [-0.3, -0.25) is 9.59 Å². The first-order valence-corrected chi connectivity index (χ1v) is 8.53. The Labute approximate surface area is 144 Å². The third-order valence-electron chi connectivity index (χ3n) is 5.45. The van der Waals surface area contributed by atoms with E-state index >= 15 is 0 Å². The Morgan fingerprint density at radius 2 is 1.92 bits per heavy atom. The van der Waals surface area contributed by atoms with Gasteiger partial charge in [0.05, 0.1) is 5.56 Å². The van der Waals surface area contributed by atoms with Crippen molar-refractivity contribution in [1.82, 2.24) is 5.32 Å². The molecule has 2 aliphatic rings. The van der Waals surface area contributed by atoms with E-state index in [0.717, 1.165) is 24.5 Å². The van der Waals surface area contributed by atoms with Gasteiger partial charge in [-0.2, -0.15) is 13.2 Å². The monoisotopic (exact) mass is 354 g/mol. The molecule has 1 aromatic rings. The predicted octanol–water partition coefficient (Wildman–Crippen LogP) is 3.58. The van der Waals surface area contributed by atoms with Gasteiger partial charge in [0, 0.05) is 11.7 Å². The summed E-state index contributed by atoms with van der Waals surface area (Å²) in [4.78, 5) is 24.0. The normalized spacial score (nSPS) is 26.3. The van der Waals surface area contributed by atoms with Crippen molar-refractivity contribution in [2.45, 2.75) is 44.8 Å². The van der Waals surface area contributed by atoms with E-state index in [1.807, 2.05) is 6.92 Å². The lowest BCUT2D eigenvalue weighted by atomic mass is 9.84. The fourth-order valence-corrected chi connectivity index (χ4v) is 4.25. The molecule has 0 radical (unpaired) electrons. The third kappa shape index (κ3) is 3.96. The highest BCUT2D eigenvalue weighted by Crippen LogP contribution is 2.49. The van der Waals surface area contributed by atoms with Crippen LogP contribution in [0.2, 0.25) is 0 Å². The summed E-state index contributed by atoms with van der Waals surface area (Å²) in [6, 6.07) is 4.11. The number of hydrogen-bond donors (Lipinski definition) is 2. The fourth-order valence-electron chi connectivity index (χ4n) is 4.25. The van der Waals surface area contributed by atoms with Crippen molar-refractivity contribution < 1.29 is 22.8 Å². The molecule has 136 valence electrons. The molecule has 25 heavy (non-hydrogen) atoms. The molecule has 0 saturated heterocycles. The average Bonchev–Trinajstić information content (AvgIpc) is 3.17. The highest BCUT2D eigenvalue weighted by Gasteiger charge is 2.42. The van der Waals surface area contributed by atoms with Crippen LogP contribution < -0.4 is 10.6 Å². The van der Waals surface area contributed by atoms with Gasteiger partial charge in [0.1, 0.15) is 0 Å². The zero-order valence-corrected chi connectivity index (χ0v) is 13.9. The minimum absolute atomic E-state index is 0.0532. The number of carbonyl (C=O) groups is 2. The smallest absolute Gasteiger partial charge is 0.345 e. The van der Waals surface area contributed by atoms with Gasteiger partial charge in [0.2, 0.25) is 0 Å². The van der Waals surface area contributed by atoms with Crippen LogP contribution in [0.1, 0.15) is 38.2 Å². The van der Waals surface area contributed by atoms with Crippen LogP contribution in [0.15, 0.2) is 24.3 Å². The first-order chi connectivity index (χ1) is 11.7. The fraction of sp³-hybridized carbons (Fsp3) is 0.556. The van der Waals surface area contributed by atoms with E-state index in [2.05, 4.69) is 10.6 Å². The maximum absolute atomic E-state index is 12.7. The van der Waals surface area contributed by atoms with Crippen molar-refractivity contribution in [2.75, 3.05) is 5.32 Å². The molecule has 2 amide bonds. The number of nitrogens with one attached hydrogen (secondary N) is 2. The standard InChI is InChI=1S/C18H21F3N2O2/c1-10(15-8-11-5-6-12(15)7-11)22-16(24)17(25)23-14-4-2-3-13(9-14)18(19,20)21/h2-4,9-12,15H,5-8H2,1H3,(H,22,24)(H,23,25). The van der Waals surface area contributed by atoms with Crippen molar-refractivity contribution in [2.24, 2.45) is 17.8 Å². The molecule has 2 bridgehead atoms. The van der Waals surface area contributed by atoms with E-state index in [1.165, 1.54) is 31.4 Å². The second kappa shape index (κ2) is 6.69. The van der Waals surface area contributed by atoms with Crippen molar-refractivity contribution in [3.63, 3.8) is 0 Å². The largest absolute Gasteiger partial charge is 0.416 e. The van der Waals surface area contributed by atoms with Crippen molar-refractivity contribution in [3.8, 4) is 0 Å². The van der Waals surface area contributed by atoms with Crippen LogP contribution in [-0.2, 0) is 15.8 Å². The van der Waals surface area contributed by atoms with E-state index in [1.54, 1.807) is 0 Å². The minimum Gasteiger partial charge on any atom is -0.345 e. The summed E-state index contributed by atoms with van der Waals surface area (Å²) in [5.41, 5.74) is -0.927. The predicted molar refractivity (Wildman–Crippen MR) is 86.6 cm³/mol. The lowest BCUT2D eigenvalue weighted by Crippen LogP contribution is -2.45. The van der Waals surface area contributed by atoms with Crippen LogP contribution in [0.5, 0.6) is 0 Å². The maximum Gasteiger partial charge on any atom is 0.416 e. The maximum atomic E-state index is 12.7. The number of hydrogen-bond acceptors (Lipinski definition) is 2. The van der Waals surface area contributed by atoms with Crippen LogP contribution in [0.25, 0.3) is 0 Å². The molecule has 3 rings (SSSR count). The first-order valence-electron chi connectivity index (χ1n) is 8.53. The Balaban J connectivity index is 1.57. The quantitative estimate of drug-likeness (QED) is 0.815. The van der Waals surface area contributed by atoms with E-state index in [-0.39, 0.29) is 11.7 Å². The molecule has 0 spiro atoms. The molecule has 4 unspecified atom stereocenters.